The van der Waals surface area contributed by atoms with Crippen LogP contribution in [-0.4, -0.2) is 13.2 Å². The minimum Gasteiger partial charge on any atom is -0.497 e. The maximum Gasteiger partial charge on any atom is 0.118 e. The fourth-order valence-corrected chi connectivity index (χ4v) is 1.52. The van der Waals surface area contributed by atoms with Crippen LogP contribution in [0.1, 0.15) is 13.8 Å². The first-order valence-electron chi connectivity index (χ1n) is 4.28. The number of ether oxygens (including phenoxy) is 1. The van der Waals surface area contributed by atoms with Crippen molar-refractivity contribution in [3.8, 4) is 5.75 Å². The van der Waals surface area contributed by atoms with Crippen molar-refractivity contribution in [3.05, 3.63) is 24.3 Å². The molecule has 1 aromatic rings. The molecule has 0 bridgehead atoms. The lowest BCUT2D eigenvalue weighted by atomic mass is 10.3. The Labute approximate surface area is 81.1 Å². The molecule has 13 heavy (non-hydrogen) atoms. The number of hydrogen-bond donors (Lipinski definition) is 0. The van der Waals surface area contributed by atoms with Gasteiger partial charge in [-0.05, 0) is 43.4 Å². The molecule has 1 atom stereocenters. The highest BCUT2D eigenvalue weighted by atomic mass is 31.1. The Morgan fingerprint density at radius 2 is 1.77 bits per heavy atom. The normalized spacial score (nSPS) is 11.4. The van der Waals surface area contributed by atoms with E-state index in [0.717, 1.165) is 5.75 Å². The van der Waals surface area contributed by atoms with E-state index in [1.165, 1.54) is 5.30 Å². The van der Waals surface area contributed by atoms with E-state index in [-0.39, 0.29) is 0 Å². The Morgan fingerprint density at radius 3 is 2.23 bits per heavy atom. The second kappa shape index (κ2) is 5.21. The summed E-state index contributed by atoms with van der Waals surface area (Å²) in [7, 11) is 2.10. The maximum atomic E-state index is 5.49. The molecule has 0 N–H and O–H groups in total. The van der Waals surface area contributed by atoms with Crippen molar-refractivity contribution in [1.82, 2.24) is 0 Å². The van der Waals surface area contributed by atoms with E-state index in [0.29, 0.717) is 14.9 Å². The summed E-state index contributed by atoms with van der Waals surface area (Å²) in [5, 5.41) is 1.20. The first-order chi connectivity index (χ1) is 6.22. The van der Waals surface area contributed by atoms with Gasteiger partial charge in [0.15, 0.2) is 0 Å². The quantitative estimate of drug-likeness (QED) is 0.691. The van der Waals surface area contributed by atoms with Crippen LogP contribution in [0.25, 0.3) is 0 Å². The lowest BCUT2D eigenvalue weighted by Gasteiger charge is -2.07. The van der Waals surface area contributed by atoms with E-state index in [1.807, 2.05) is 38.1 Å². The van der Waals surface area contributed by atoms with Crippen LogP contribution < -0.4 is 10.0 Å². The molecule has 0 saturated carbocycles. The van der Waals surface area contributed by atoms with Crippen molar-refractivity contribution >= 4 is 14.1 Å². The summed E-state index contributed by atoms with van der Waals surface area (Å²) < 4.78 is 10.5. The summed E-state index contributed by atoms with van der Waals surface area (Å²) >= 11 is 0. The van der Waals surface area contributed by atoms with Crippen LogP contribution >= 0.6 is 8.81 Å². The van der Waals surface area contributed by atoms with Gasteiger partial charge in [-0.25, -0.2) is 0 Å². The van der Waals surface area contributed by atoms with Gasteiger partial charge in [0.25, 0.3) is 0 Å². The number of methoxy groups -OCH3 is 1. The first kappa shape index (κ1) is 10.5. The van der Waals surface area contributed by atoms with E-state index in [4.69, 9.17) is 9.26 Å². The largest absolute Gasteiger partial charge is 0.497 e. The average molecular weight is 198 g/mol. The summed E-state index contributed by atoms with van der Waals surface area (Å²) in [5.41, 5.74) is 0. The SMILES string of the molecule is COc1ccc(POC(C)C)cc1. The molecule has 2 nitrogen and oxygen atoms in total. The predicted octanol–water partition coefficient (Wildman–Crippen LogP) is 2.34. The van der Waals surface area contributed by atoms with E-state index < -0.39 is 0 Å². The van der Waals surface area contributed by atoms with Gasteiger partial charge in [-0.3, -0.25) is 0 Å². The van der Waals surface area contributed by atoms with Crippen LogP contribution in [0.5, 0.6) is 5.75 Å². The summed E-state index contributed by atoms with van der Waals surface area (Å²) in [5.74, 6) is 0.887. The van der Waals surface area contributed by atoms with Gasteiger partial charge in [0.1, 0.15) is 5.75 Å². The molecule has 0 aliphatic heterocycles. The zero-order valence-electron chi connectivity index (χ0n) is 8.20. The highest BCUT2D eigenvalue weighted by molar-refractivity contribution is 7.41. The van der Waals surface area contributed by atoms with Gasteiger partial charge in [0.2, 0.25) is 0 Å². The van der Waals surface area contributed by atoms with E-state index in [1.54, 1.807) is 7.11 Å². The van der Waals surface area contributed by atoms with Crippen molar-refractivity contribution in [2.75, 3.05) is 7.11 Å². The minimum atomic E-state index is 0.292. The molecule has 0 aliphatic rings. The van der Waals surface area contributed by atoms with E-state index in [2.05, 4.69) is 0 Å². The van der Waals surface area contributed by atoms with Crippen LogP contribution in [0.4, 0.5) is 0 Å². The average Bonchev–Trinajstić information content (AvgIpc) is 2.15. The molecule has 3 heteroatoms. The molecule has 1 unspecified atom stereocenters. The predicted molar refractivity (Wildman–Crippen MR) is 57.2 cm³/mol. The molecule has 0 radical (unpaired) electrons. The zero-order valence-corrected chi connectivity index (χ0v) is 9.20. The Balaban J connectivity index is 2.49. The van der Waals surface area contributed by atoms with Crippen molar-refractivity contribution in [2.45, 2.75) is 20.0 Å². The van der Waals surface area contributed by atoms with Crippen LogP contribution in [0.2, 0.25) is 0 Å². The molecule has 0 fully saturated rings. The molecule has 0 aliphatic carbocycles. The molecular weight excluding hydrogens is 183 g/mol. The third-order valence-electron chi connectivity index (χ3n) is 1.50. The van der Waals surface area contributed by atoms with Gasteiger partial charge in [0.05, 0.1) is 13.2 Å². The topological polar surface area (TPSA) is 18.5 Å². The molecule has 0 heterocycles. The number of hydrogen-bond acceptors (Lipinski definition) is 2. The van der Waals surface area contributed by atoms with Gasteiger partial charge >= 0.3 is 0 Å². The summed E-state index contributed by atoms with van der Waals surface area (Å²) in [6.45, 7) is 4.08. The second-order valence-corrected chi connectivity index (χ2v) is 4.01. The fourth-order valence-electron chi connectivity index (χ4n) is 0.845. The molecule has 0 spiro atoms. The summed E-state index contributed by atoms with van der Waals surface area (Å²) in [6.07, 6.45) is 0.292. The van der Waals surface area contributed by atoms with Crippen molar-refractivity contribution in [1.29, 1.82) is 0 Å². The molecule has 0 saturated heterocycles. The third kappa shape index (κ3) is 3.75. The lowest BCUT2D eigenvalue weighted by Crippen LogP contribution is -2.00. The van der Waals surface area contributed by atoms with Crippen LogP contribution in [-0.2, 0) is 4.52 Å². The van der Waals surface area contributed by atoms with E-state index >= 15 is 0 Å². The summed E-state index contributed by atoms with van der Waals surface area (Å²) in [4.78, 5) is 0. The van der Waals surface area contributed by atoms with Crippen molar-refractivity contribution in [3.63, 3.8) is 0 Å². The Bertz CT molecular complexity index is 244. The Hall–Kier alpha value is -0.590. The second-order valence-electron chi connectivity index (χ2n) is 3.00. The molecular formula is C10H15O2P. The lowest BCUT2D eigenvalue weighted by molar-refractivity contribution is 0.282. The monoisotopic (exact) mass is 198 g/mol. The Morgan fingerprint density at radius 1 is 1.15 bits per heavy atom. The molecule has 72 valence electrons. The van der Waals surface area contributed by atoms with Gasteiger partial charge in [-0.1, -0.05) is 0 Å². The smallest absolute Gasteiger partial charge is 0.118 e. The minimum absolute atomic E-state index is 0.292. The van der Waals surface area contributed by atoms with Gasteiger partial charge in [-0.2, -0.15) is 0 Å². The molecule has 0 aromatic heterocycles. The molecule has 1 rings (SSSR count). The van der Waals surface area contributed by atoms with Crippen molar-refractivity contribution < 1.29 is 9.26 Å². The van der Waals surface area contributed by atoms with Crippen LogP contribution in [0.15, 0.2) is 24.3 Å². The van der Waals surface area contributed by atoms with Crippen molar-refractivity contribution in [2.24, 2.45) is 0 Å². The zero-order chi connectivity index (χ0) is 9.68. The van der Waals surface area contributed by atoms with Gasteiger partial charge < -0.3 is 9.26 Å². The van der Waals surface area contributed by atoms with Crippen LogP contribution in [0.3, 0.4) is 0 Å². The van der Waals surface area contributed by atoms with Crippen LogP contribution in [0, 0.1) is 0 Å². The summed E-state index contributed by atoms with van der Waals surface area (Å²) in [6, 6.07) is 7.96. The highest BCUT2D eigenvalue weighted by Gasteiger charge is 1.96. The number of rotatable bonds is 4. The Kier molecular flexibility index (Phi) is 4.20. The third-order valence-corrected chi connectivity index (χ3v) is 2.66. The fraction of sp³-hybridized carbons (Fsp3) is 0.400. The highest BCUT2D eigenvalue weighted by Crippen LogP contribution is 2.16. The van der Waals surface area contributed by atoms with E-state index in [9.17, 15) is 0 Å². The van der Waals surface area contributed by atoms with Gasteiger partial charge in [0, 0.05) is 8.81 Å². The maximum absolute atomic E-state index is 5.49. The molecule has 1 aromatic carbocycles. The number of benzene rings is 1. The first-order valence-corrected chi connectivity index (χ1v) is 5.19. The van der Waals surface area contributed by atoms with Gasteiger partial charge in [-0.15, -0.1) is 0 Å². The standard InChI is InChI=1S/C10H15O2P/c1-8(2)12-13-10-6-4-9(11-3)5-7-10/h4-8,13H,1-3H3. The molecule has 0 amide bonds.